The van der Waals surface area contributed by atoms with E-state index >= 15 is 0 Å². The molecule has 1 heterocycles. The van der Waals surface area contributed by atoms with Crippen molar-refractivity contribution in [3.63, 3.8) is 0 Å². The Morgan fingerprint density at radius 2 is 1.53 bits per heavy atom. The van der Waals surface area contributed by atoms with Crippen LogP contribution >= 0.6 is 0 Å². The molecule has 1 saturated heterocycles. The third kappa shape index (κ3) is 3.09. The highest BCUT2D eigenvalue weighted by Crippen LogP contribution is 2.75. The van der Waals surface area contributed by atoms with Crippen molar-refractivity contribution in [3.05, 3.63) is 0 Å². The van der Waals surface area contributed by atoms with E-state index in [1.807, 2.05) is 13.8 Å². The molecule has 5 rings (SSSR count). The summed E-state index contributed by atoms with van der Waals surface area (Å²) < 4.78 is 6.70. The number of carbonyl (C=O) groups excluding carboxylic acids is 1. The monoisotopic (exact) mass is 474 g/mol. The molecule has 2 N–H and O–H groups in total. The third-order valence-electron chi connectivity index (χ3n) is 13.2. The van der Waals surface area contributed by atoms with Crippen LogP contribution in [0.3, 0.4) is 0 Å². The topological polar surface area (TPSA) is 66.8 Å². The van der Waals surface area contributed by atoms with E-state index in [-0.39, 0.29) is 40.3 Å². The van der Waals surface area contributed by atoms with Gasteiger partial charge in [0.2, 0.25) is 0 Å². The first-order chi connectivity index (χ1) is 15.7. The molecule has 4 saturated carbocycles. The van der Waals surface area contributed by atoms with Gasteiger partial charge in [-0.05, 0) is 118 Å². The maximum Gasteiger partial charge on any atom is 0.141 e. The third-order valence-corrected chi connectivity index (χ3v) is 13.2. The molecule has 0 unspecified atom stereocenters. The van der Waals surface area contributed by atoms with Gasteiger partial charge in [0.15, 0.2) is 0 Å². The van der Waals surface area contributed by atoms with Crippen molar-refractivity contribution in [2.24, 2.45) is 45.3 Å². The second kappa shape index (κ2) is 7.54. The maximum absolute atomic E-state index is 13.0. The first-order valence-electron chi connectivity index (χ1n) is 14.2. The summed E-state index contributed by atoms with van der Waals surface area (Å²) >= 11 is 0. The number of aliphatic hydroxyl groups is 2. The summed E-state index contributed by atoms with van der Waals surface area (Å²) in [6.45, 7) is 15.8. The quantitative estimate of drug-likeness (QED) is 0.533. The van der Waals surface area contributed by atoms with Gasteiger partial charge >= 0.3 is 0 Å². The molecular weight excluding hydrogens is 424 g/mol. The van der Waals surface area contributed by atoms with Gasteiger partial charge in [-0.3, -0.25) is 4.79 Å². The van der Waals surface area contributed by atoms with Crippen molar-refractivity contribution >= 4 is 5.78 Å². The molecule has 5 fully saturated rings. The second-order valence-electron chi connectivity index (χ2n) is 14.9. The van der Waals surface area contributed by atoms with Gasteiger partial charge in [0.1, 0.15) is 5.78 Å². The number of hydrogen-bond acceptors (Lipinski definition) is 4. The Bertz CT molecular complexity index is 847. The Hall–Kier alpha value is -0.450. The first kappa shape index (κ1) is 25.2. The standard InChI is InChI=1S/C30H50O4/c1-25(2,33)24-13-17-30(7,34-24)20-10-15-28(5)19(20)8-9-22-26(3)14-12-23(32)27(4,18-31)21(26)11-16-29(22,28)6/h19-22,24,31,33H,8-18H2,1-7H3/t19-,20+,21-,22-,24+,26+,27+,28-,29-,30+/m1/s1. The van der Waals surface area contributed by atoms with E-state index in [0.717, 1.165) is 25.7 Å². The van der Waals surface area contributed by atoms with Crippen LogP contribution in [0.25, 0.3) is 0 Å². The molecular formula is C30H50O4. The number of rotatable bonds is 3. The van der Waals surface area contributed by atoms with Crippen LogP contribution < -0.4 is 0 Å². The molecule has 194 valence electrons. The number of Topliss-reactive ketones (excluding diaryl/α,β-unsaturated/α-hetero) is 1. The highest BCUT2D eigenvalue weighted by molar-refractivity contribution is 5.86. The second-order valence-corrected chi connectivity index (χ2v) is 14.9. The molecule has 0 radical (unpaired) electrons. The molecule has 1 aliphatic heterocycles. The van der Waals surface area contributed by atoms with E-state index in [0.29, 0.717) is 30.1 Å². The minimum absolute atomic E-state index is 0.00441. The van der Waals surface area contributed by atoms with Crippen LogP contribution in [0.5, 0.6) is 0 Å². The van der Waals surface area contributed by atoms with E-state index in [4.69, 9.17) is 4.74 Å². The minimum Gasteiger partial charge on any atom is -0.395 e. The highest BCUT2D eigenvalue weighted by atomic mass is 16.5. The number of fused-ring (bicyclic) bond motifs is 5. The lowest BCUT2D eigenvalue weighted by Crippen LogP contribution is -2.64. The van der Waals surface area contributed by atoms with Crippen molar-refractivity contribution in [3.8, 4) is 0 Å². The molecule has 34 heavy (non-hydrogen) atoms. The van der Waals surface area contributed by atoms with Crippen LogP contribution in [0.15, 0.2) is 0 Å². The van der Waals surface area contributed by atoms with Gasteiger partial charge in [0, 0.05) is 6.42 Å². The summed E-state index contributed by atoms with van der Waals surface area (Å²) in [4.78, 5) is 13.0. The van der Waals surface area contributed by atoms with Crippen molar-refractivity contribution in [2.75, 3.05) is 6.61 Å². The fraction of sp³-hybridized carbons (Fsp3) is 0.967. The zero-order chi connectivity index (χ0) is 24.9. The van der Waals surface area contributed by atoms with Crippen molar-refractivity contribution in [1.82, 2.24) is 0 Å². The van der Waals surface area contributed by atoms with Crippen molar-refractivity contribution in [1.29, 1.82) is 0 Å². The van der Waals surface area contributed by atoms with Crippen LogP contribution in [0, 0.1) is 45.3 Å². The summed E-state index contributed by atoms with van der Waals surface area (Å²) in [6.07, 6.45) is 10.8. The Balaban J connectivity index is 1.45. The van der Waals surface area contributed by atoms with Gasteiger partial charge in [0.25, 0.3) is 0 Å². The first-order valence-corrected chi connectivity index (χ1v) is 14.2. The van der Waals surface area contributed by atoms with E-state index in [9.17, 15) is 15.0 Å². The Labute approximate surface area is 207 Å². The molecule has 0 spiro atoms. The Morgan fingerprint density at radius 3 is 2.15 bits per heavy atom. The van der Waals surface area contributed by atoms with Gasteiger partial charge in [-0.15, -0.1) is 0 Å². The summed E-state index contributed by atoms with van der Waals surface area (Å²) in [5.41, 5.74) is -0.813. The average Bonchev–Trinajstić information content (AvgIpc) is 3.33. The molecule has 0 amide bonds. The van der Waals surface area contributed by atoms with E-state index in [1.165, 1.54) is 32.1 Å². The highest BCUT2D eigenvalue weighted by Gasteiger charge is 2.70. The zero-order valence-corrected chi connectivity index (χ0v) is 22.9. The van der Waals surface area contributed by atoms with E-state index < -0.39 is 11.0 Å². The fourth-order valence-corrected chi connectivity index (χ4v) is 10.9. The summed E-state index contributed by atoms with van der Waals surface area (Å²) in [7, 11) is 0. The minimum atomic E-state index is -0.784. The predicted octanol–water partition coefficient (Wildman–Crippen LogP) is 5.92. The fourth-order valence-electron chi connectivity index (χ4n) is 10.9. The number of aliphatic hydroxyl groups excluding tert-OH is 1. The molecule has 4 heteroatoms. The van der Waals surface area contributed by atoms with Crippen LogP contribution in [-0.2, 0) is 9.53 Å². The SMILES string of the molecule is CC(C)(O)[C@@H]1CC[C@@](C)([C@H]2CC[C@]3(C)[C@@H]2CC[C@@H]2[C@@]4(C)CCC(=O)[C@@](C)(CO)[C@@H]4CC[C@]23C)O1. The number of carbonyl (C=O) groups is 1. The number of ketones is 1. The van der Waals surface area contributed by atoms with Gasteiger partial charge in [-0.25, -0.2) is 0 Å². The van der Waals surface area contributed by atoms with Crippen molar-refractivity contribution < 1.29 is 19.7 Å². The normalized spacial score (nSPS) is 55.6. The summed E-state index contributed by atoms with van der Waals surface area (Å²) in [5.74, 6) is 2.41. The van der Waals surface area contributed by atoms with Gasteiger partial charge in [-0.2, -0.15) is 0 Å². The summed E-state index contributed by atoms with van der Waals surface area (Å²) in [6, 6.07) is 0. The van der Waals surface area contributed by atoms with Crippen LogP contribution in [0.2, 0.25) is 0 Å². The van der Waals surface area contributed by atoms with Crippen LogP contribution in [0.1, 0.15) is 113 Å². The van der Waals surface area contributed by atoms with Crippen LogP contribution in [-0.4, -0.2) is 39.9 Å². The van der Waals surface area contributed by atoms with E-state index in [2.05, 4.69) is 34.6 Å². The smallest absolute Gasteiger partial charge is 0.141 e. The molecule has 4 nitrogen and oxygen atoms in total. The number of ether oxygens (including phenoxy) is 1. The number of hydrogen-bond donors (Lipinski definition) is 2. The average molecular weight is 475 g/mol. The molecule has 0 aromatic carbocycles. The molecule has 0 aromatic rings. The predicted molar refractivity (Wildman–Crippen MR) is 134 cm³/mol. The van der Waals surface area contributed by atoms with Gasteiger partial charge in [-0.1, -0.05) is 27.7 Å². The zero-order valence-electron chi connectivity index (χ0n) is 22.9. The Kier molecular flexibility index (Phi) is 5.59. The molecule has 0 aromatic heterocycles. The maximum atomic E-state index is 13.0. The lowest BCUT2D eigenvalue weighted by molar-refractivity contribution is -0.215. The van der Waals surface area contributed by atoms with Gasteiger partial charge < -0.3 is 14.9 Å². The lowest BCUT2D eigenvalue weighted by atomic mass is 9.35. The van der Waals surface area contributed by atoms with Gasteiger partial charge in [0.05, 0.1) is 29.3 Å². The largest absolute Gasteiger partial charge is 0.395 e. The molecule has 5 aliphatic rings. The summed E-state index contributed by atoms with van der Waals surface area (Å²) in [5, 5.41) is 21.0. The molecule has 4 aliphatic carbocycles. The lowest BCUT2D eigenvalue weighted by Gasteiger charge is -2.69. The van der Waals surface area contributed by atoms with Crippen molar-refractivity contribution in [2.45, 2.75) is 130 Å². The molecule has 0 bridgehead atoms. The van der Waals surface area contributed by atoms with E-state index in [1.54, 1.807) is 0 Å². The Morgan fingerprint density at radius 1 is 0.853 bits per heavy atom. The van der Waals surface area contributed by atoms with Crippen LogP contribution in [0.4, 0.5) is 0 Å². The molecule has 10 atom stereocenters.